The van der Waals surface area contributed by atoms with Crippen molar-refractivity contribution in [1.29, 1.82) is 0 Å². The number of carbonyl (C=O) groups is 1. The van der Waals surface area contributed by atoms with Gasteiger partial charge in [-0.3, -0.25) is 4.79 Å². The molecule has 0 unspecified atom stereocenters. The van der Waals surface area contributed by atoms with Crippen molar-refractivity contribution in [2.24, 2.45) is 0 Å². The van der Waals surface area contributed by atoms with Crippen molar-refractivity contribution >= 4 is 5.91 Å². The summed E-state index contributed by atoms with van der Waals surface area (Å²) in [6.07, 6.45) is 2.01. The molecule has 0 saturated heterocycles. The minimum Gasteiger partial charge on any atom is -0.454 e. The molecule has 6 rings (SSSR count). The van der Waals surface area contributed by atoms with Crippen LogP contribution in [0.1, 0.15) is 33.7 Å². The normalized spacial score (nSPS) is 16.8. The van der Waals surface area contributed by atoms with Crippen LogP contribution in [0, 0.1) is 5.82 Å². The number of rotatable bonds is 3. The maximum Gasteiger partial charge on any atom is 0.254 e. The van der Waals surface area contributed by atoms with Gasteiger partial charge in [0, 0.05) is 17.5 Å². The standard InChI is InChI=1S/C22H16FN5O4/c23-14-4-1-12(2-5-14)22(29)28-9-16-15(24-10-25-16)8-17(28)21-26-20(27-32-21)13-3-6-18-19(7-13)31-11-30-18/h1-7,10,17H,8-9,11H2,(H,24,25)/t17-/m0/s1. The fourth-order valence-electron chi connectivity index (χ4n) is 3.95. The molecular weight excluding hydrogens is 417 g/mol. The van der Waals surface area contributed by atoms with Crippen molar-refractivity contribution < 1.29 is 23.2 Å². The van der Waals surface area contributed by atoms with Gasteiger partial charge in [0.25, 0.3) is 5.91 Å². The van der Waals surface area contributed by atoms with Gasteiger partial charge in [0.1, 0.15) is 11.9 Å². The van der Waals surface area contributed by atoms with E-state index in [0.29, 0.717) is 40.8 Å². The Hall–Kier alpha value is -4.21. The molecular formula is C22H16FN5O4. The number of ether oxygens (including phenoxy) is 2. The van der Waals surface area contributed by atoms with E-state index in [-0.39, 0.29) is 19.2 Å². The van der Waals surface area contributed by atoms with Crippen LogP contribution in [0.3, 0.4) is 0 Å². The lowest BCUT2D eigenvalue weighted by Crippen LogP contribution is -2.39. The summed E-state index contributed by atoms with van der Waals surface area (Å²) in [6, 6.07) is 10.3. The number of aromatic amines is 1. The van der Waals surface area contributed by atoms with E-state index in [9.17, 15) is 9.18 Å². The molecule has 32 heavy (non-hydrogen) atoms. The Morgan fingerprint density at radius 3 is 2.84 bits per heavy atom. The molecule has 0 bridgehead atoms. The van der Waals surface area contributed by atoms with Crippen LogP contribution in [0.15, 0.2) is 53.3 Å². The molecule has 2 aliphatic rings. The molecule has 0 fully saturated rings. The van der Waals surface area contributed by atoms with Crippen molar-refractivity contribution in [2.75, 3.05) is 6.79 Å². The monoisotopic (exact) mass is 433 g/mol. The van der Waals surface area contributed by atoms with Gasteiger partial charge in [-0.15, -0.1) is 0 Å². The topological polar surface area (TPSA) is 106 Å². The van der Waals surface area contributed by atoms with Crippen LogP contribution in [0.4, 0.5) is 4.39 Å². The lowest BCUT2D eigenvalue weighted by atomic mass is 10.0. The Morgan fingerprint density at radius 2 is 1.97 bits per heavy atom. The largest absolute Gasteiger partial charge is 0.454 e. The maximum absolute atomic E-state index is 13.3. The highest BCUT2D eigenvalue weighted by atomic mass is 19.1. The zero-order chi connectivity index (χ0) is 21.7. The molecule has 2 aromatic carbocycles. The van der Waals surface area contributed by atoms with E-state index >= 15 is 0 Å². The smallest absolute Gasteiger partial charge is 0.254 e. The second-order valence-corrected chi connectivity index (χ2v) is 7.51. The molecule has 0 saturated carbocycles. The van der Waals surface area contributed by atoms with Crippen molar-refractivity contribution in [3.63, 3.8) is 0 Å². The van der Waals surface area contributed by atoms with Gasteiger partial charge in [-0.05, 0) is 42.5 Å². The van der Waals surface area contributed by atoms with Crippen molar-refractivity contribution in [3.05, 3.63) is 77.5 Å². The Morgan fingerprint density at radius 1 is 1.12 bits per heavy atom. The second kappa shape index (κ2) is 7.19. The number of H-pyrrole nitrogens is 1. The van der Waals surface area contributed by atoms with Crippen molar-refractivity contribution in [3.8, 4) is 22.9 Å². The third-order valence-corrected chi connectivity index (χ3v) is 5.61. The minimum absolute atomic E-state index is 0.171. The number of hydrogen-bond donors (Lipinski definition) is 1. The van der Waals surface area contributed by atoms with E-state index < -0.39 is 11.9 Å². The minimum atomic E-state index is -0.515. The average molecular weight is 433 g/mol. The summed E-state index contributed by atoms with van der Waals surface area (Å²) in [5.41, 5.74) is 2.75. The molecule has 1 atom stereocenters. The fourth-order valence-corrected chi connectivity index (χ4v) is 3.95. The van der Waals surface area contributed by atoms with Crippen LogP contribution >= 0.6 is 0 Å². The first-order valence-electron chi connectivity index (χ1n) is 9.97. The molecule has 9 nitrogen and oxygen atoms in total. The predicted molar refractivity (Wildman–Crippen MR) is 107 cm³/mol. The van der Waals surface area contributed by atoms with E-state index in [1.807, 2.05) is 6.07 Å². The molecule has 0 aliphatic carbocycles. The zero-order valence-corrected chi connectivity index (χ0v) is 16.6. The third kappa shape index (κ3) is 3.08. The molecule has 1 N–H and O–H groups in total. The van der Waals surface area contributed by atoms with Crippen LogP contribution < -0.4 is 9.47 Å². The van der Waals surface area contributed by atoms with Gasteiger partial charge in [-0.25, -0.2) is 9.37 Å². The zero-order valence-electron chi connectivity index (χ0n) is 16.6. The van der Waals surface area contributed by atoms with Crippen LogP contribution in [-0.2, 0) is 13.0 Å². The number of carbonyl (C=O) groups excluding carboxylic acids is 1. The number of nitrogens with one attached hydrogen (secondary N) is 1. The Kier molecular flexibility index (Phi) is 4.17. The highest BCUT2D eigenvalue weighted by Gasteiger charge is 2.36. The van der Waals surface area contributed by atoms with Gasteiger partial charge in [-0.2, -0.15) is 4.98 Å². The molecule has 1 amide bonds. The average Bonchev–Trinajstić information content (AvgIpc) is 3.57. The summed E-state index contributed by atoms with van der Waals surface area (Å²) >= 11 is 0. The fraction of sp³-hybridized carbons (Fsp3) is 0.182. The SMILES string of the molecule is O=C(c1ccc(F)cc1)N1Cc2[nH]cnc2C[C@H]1c1nc(-c2ccc3c(c2)OCO3)no1. The summed E-state index contributed by atoms with van der Waals surface area (Å²) < 4.78 is 29.7. The van der Waals surface area contributed by atoms with Gasteiger partial charge in [0.05, 0.1) is 24.3 Å². The van der Waals surface area contributed by atoms with Gasteiger partial charge in [0.15, 0.2) is 11.5 Å². The predicted octanol–water partition coefficient (Wildman–Crippen LogP) is 3.27. The quantitative estimate of drug-likeness (QED) is 0.528. The van der Waals surface area contributed by atoms with Crippen LogP contribution in [0.2, 0.25) is 0 Å². The van der Waals surface area contributed by atoms with Crippen LogP contribution in [-0.4, -0.2) is 37.7 Å². The number of fused-ring (bicyclic) bond motifs is 2. The number of amides is 1. The van der Waals surface area contributed by atoms with E-state index in [2.05, 4.69) is 20.1 Å². The first-order chi connectivity index (χ1) is 15.7. The lowest BCUT2D eigenvalue weighted by molar-refractivity contribution is 0.0589. The highest BCUT2D eigenvalue weighted by Crippen LogP contribution is 2.37. The summed E-state index contributed by atoms with van der Waals surface area (Å²) in [5.74, 6) is 1.27. The van der Waals surface area contributed by atoms with Crippen LogP contribution in [0.25, 0.3) is 11.4 Å². The number of halogens is 1. The Balaban J connectivity index is 1.35. The first-order valence-corrected chi connectivity index (χ1v) is 9.97. The molecule has 160 valence electrons. The number of imidazole rings is 1. The van der Waals surface area contributed by atoms with Gasteiger partial charge in [-0.1, -0.05) is 5.16 Å². The van der Waals surface area contributed by atoms with E-state index in [0.717, 1.165) is 11.4 Å². The molecule has 2 aromatic heterocycles. The molecule has 2 aliphatic heterocycles. The molecule has 0 spiro atoms. The maximum atomic E-state index is 13.3. The lowest BCUT2D eigenvalue weighted by Gasteiger charge is -2.32. The summed E-state index contributed by atoms with van der Waals surface area (Å²) in [7, 11) is 0. The third-order valence-electron chi connectivity index (χ3n) is 5.61. The molecule has 0 radical (unpaired) electrons. The Labute approximate surface area is 180 Å². The van der Waals surface area contributed by atoms with Gasteiger partial charge >= 0.3 is 0 Å². The van der Waals surface area contributed by atoms with Crippen LogP contribution in [0.5, 0.6) is 11.5 Å². The summed E-state index contributed by atoms with van der Waals surface area (Å²) in [5, 5.41) is 4.11. The van der Waals surface area contributed by atoms with Crippen molar-refractivity contribution in [2.45, 2.75) is 19.0 Å². The van der Waals surface area contributed by atoms with Gasteiger partial charge in [0.2, 0.25) is 18.5 Å². The summed E-state index contributed by atoms with van der Waals surface area (Å²) in [6.45, 7) is 0.461. The number of benzene rings is 2. The van der Waals surface area contributed by atoms with Crippen molar-refractivity contribution in [1.82, 2.24) is 25.0 Å². The number of nitrogens with zero attached hydrogens (tertiary/aromatic N) is 4. The molecule has 4 aromatic rings. The summed E-state index contributed by atoms with van der Waals surface area (Å²) in [4.78, 5) is 26.9. The van der Waals surface area contributed by atoms with E-state index in [1.165, 1.54) is 24.3 Å². The molecule has 4 heterocycles. The van der Waals surface area contributed by atoms with E-state index in [4.69, 9.17) is 14.0 Å². The first kappa shape index (κ1) is 18.6. The van der Waals surface area contributed by atoms with Gasteiger partial charge < -0.3 is 23.9 Å². The Bertz CT molecular complexity index is 1320. The number of hydrogen-bond acceptors (Lipinski definition) is 7. The molecule has 10 heteroatoms. The second-order valence-electron chi connectivity index (χ2n) is 7.51. The van der Waals surface area contributed by atoms with E-state index in [1.54, 1.807) is 23.4 Å². The highest BCUT2D eigenvalue weighted by molar-refractivity contribution is 5.94. The number of aromatic nitrogens is 4.